The van der Waals surface area contributed by atoms with Crippen molar-refractivity contribution in [2.24, 2.45) is 0 Å². The van der Waals surface area contributed by atoms with Gasteiger partial charge in [-0.15, -0.1) is 0 Å². The van der Waals surface area contributed by atoms with Gasteiger partial charge in [-0.2, -0.15) is 11.8 Å². The van der Waals surface area contributed by atoms with Gasteiger partial charge >= 0.3 is 0 Å². The summed E-state index contributed by atoms with van der Waals surface area (Å²) in [5.74, 6) is 1.22. The Hall–Kier alpha value is 0.270. The minimum absolute atomic E-state index is 0.303. The molecule has 0 aromatic rings. The number of hydrogen-bond acceptors (Lipinski definition) is 3. The molecule has 1 heterocycles. The molecule has 1 saturated heterocycles. The van der Waals surface area contributed by atoms with Crippen molar-refractivity contribution in [2.75, 3.05) is 32.0 Å². The summed E-state index contributed by atoms with van der Waals surface area (Å²) < 4.78 is 0. The summed E-state index contributed by atoms with van der Waals surface area (Å²) >= 11 is 2.02. The molecule has 3 heteroatoms. The fraction of sp³-hybridized carbons (Fsp3) is 1.00. The zero-order valence-electron chi connectivity index (χ0n) is 6.42. The molecule has 0 bridgehead atoms. The van der Waals surface area contributed by atoms with E-state index in [9.17, 15) is 0 Å². The first-order valence-electron chi connectivity index (χ1n) is 3.77. The molecule has 0 amide bonds. The second-order valence-electron chi connectivity index (χ2n) is 2.71. The Morgan fingerprint density at radius 3 is 3.10 bits per heavy atom. The zero-order chi connectivity index (χ0) is 7.40. The van der Waals surface area contributed by atoms with E-state index in [1.807, 2.05) is 11.8 Å². The van der Waals surface area contributed by atoms with Gasteiger partial charge in [-0.05, 0) is 0 Å². The average Bonchev–Trinajstić information content (AvgIpc) is 1.88. The summed E-state index contributed by atoms with van der Waals surface area (Å²) in [5, 5.41) is 9.41. The highest BCUT2D eigenvalue weighted by atomic mass is 32.2. The van der Waals surface area contributed by atoms with Crippen LogP contribution in [-0.4, -0.2) is 47.3 Å². The molecule has 60 valence electrons. The summed E-state index contributed by atoms with van der Waals surface area (Å²) in [5.41, 5.74) is 0. The van der Waals surface area contributed by atoms with Crippen molar-refractivity contribution in [3.8, 4) is 0 Å². The van der Waals surface area contributed by atoms with Gasteiger partial charge < -0.3 is 5.11 Å². The van der Waals surface area contributed by atoms with Crippen LogP contribution in [0.5, 0.6) is 0 Å². The highest BCUT2D eigenvalue weighted by molar-refractivity contribution is 7.99. The van der Waals surface area contributed by atoms with Crippen LogP contribution in [0.1, 0.15) is 6.92 Å². The Kier molecular flexibility index (Phi) is 3.52. The molecule has 1 atom stereocenters. The standard InChI is InChI=1S/C7H15NOS/c1-7-6-8(2-4-9)3-5-10-7/h7,9H,2-6H2,1H3. The van der Waals surface area contributed by atoms with E-state index in [2.05, 4.69) is 11.8 Å². The third-order valence-corrected chi connectivity index (χ3v) is 2.88. The maximum atomic E-state index is 8.66. The summed E-state index contributed by atoms with van der Waals surface area (Å²) in [6.07, 6.45) is 0. The van der Waals surface area contributed by atoms with E-state index in [0.29, 0.717) is 6.61 Å². The molecule has 0 spiro atoms. The molecule has 1 unspecified atom stereocenters. The lowest BCUT2D eigenvalue weighted by Crippen LogP contribution is -2.38. The van der Waals surface area contributed by atoms with E-state index >= 15 is 0 Å². The molecule has 1 fully saturated rings. The van der Waals surface area contributed by atoms with Crippen LogP contribution < -0.4 is 0 Å². The molecule has 1 N–H and O–H groups in total. The average molecular weight is 161 g/mol. The van der Waals surface area contributed by atoms with Gasteiger partial charge in [-0.25, -0.2) is 0 Å². The number of aliphatic hydroxyl groups excluding tert-OH is 1. The normalized spacial score (nSPS) is 28.8. The molecular weight excluding hydrogens is 146 g/mol. The minimum atomic E-state index is 0.303. The van der Waals surface area contributed by atoms with Crippen molar-refractivity contribution in [1.29, 1.82) is 0 Å². The Morgan fingerprint density at radius 2 is 2.50 bits per heavy atom. The maximum Gasteiger partial charge on any atom is 0.0558 e. The van der Waals surface area contributed by atoms with Crippen LogP contribution >= 0.6 is 11.8 Å². The van der Waals surface area contributed by atoms with Crippen molar-refractivity contribution in [2.45, 2.75) is 12.2 Å². The van der Waals surface area contributed by atoms with Crippen LogP contribution in [0.25, 0.3) is 0 Å². The largest absolute Gasteiger partial charge is 0.395 e. The van der Waals surface area contributed by atoms with Gasteiger partial charge in [-0.3, -0.25) is 4.90 Å². The van der Waals surface area contributed by atoms with E-state index in [0.717, 1.165) is 24.9 Å². The van der Waals surface area contributed by atoms with Gasteiger partial charge in [0.25, 0.3) is 0 Å². The van der Waals surface area contributed by atoms with Crippen molar-refractivity contribution >= 4 is 11.8 Å². The van der Waals surface area contributed by atoms with E-state index in [-0.39, 0.29) is 0 Å². The van der Waals surface area contributed by atoms with Gasteiger partial charge in [0, 0.05) is 30.6 Å². The number of thioether (sulfide) groups is 1. The highest BCUT2D eigenvalue weighted by Gasteiger charge is 2.14. The molecule has 0 aromatic heterocycles. The van der Waals surface area contributed by atoms with Crippen LogP contribution in [0.4, 0.5) is 0 Å². The summed E-state index contributed by atoms with van der Waals surface area (Å²) in [6, 6.07) is 0. The van der Waals surface area contributed by atoms with Crippen molar-refractivity contribution in [3.63, 3.8) is 0 Å². The molecule has 0 saturated carbocycles. The lowest BCUT2D eigenvalue weighted by Gasteiger charge is -2.29. The molecule has 1 aliphatic rings. The van der Waals surface area contributed by atoms with Crippen LogP contribution in [0.3, 0.4) is 0 Å². The highest BCUT2D eigenvalue weighted by Crippen LogP contribution is 2.16. The van der Waals surface area contributed by atoms with E-state index in [4.69, 9.17) is 5.11 Å². The molecule has 2 nitrogen and oxygen atoms in total. The first-order valence-corrected chi connectivity index (χ1v) is 4.82. The fourth-order valence-electron chi connectivity index (χ4n) is 1.24. The number of rotatable bonds is 2. The molecule has 0 radical (unpaired) electrons. The molecule has 0 aromatic carbocycles. The minimum Gasteiger partial charge on any atom is -0.395 e. The molecule has 1 aliphatic heterocycles. The van der Waals surface area contributed by atoms with E-state index < -0.39 is 0 Å². The monoisotopic (exact) mass is 161 g/mol. The Labute approximate surface area is 66.6 Å². The van der Waals surface area contributed by atoms with Crippen LogP contribution in [0.2, 0.25) is 0 Å². The van der Waals surface area contributed by atoms with Gasteiger partial charge in [-0.1, -0.05) is 6.92 Å². The molecular formula is C7H15NOS. The van der Waals surface area contributed by atoms with Crippen LogP contribution in [-0.2, 0) is 0 Å². The van der Waals surface area contributed by atoms with Gasteiger partial charge in [0.15, 0.2) is 0 Å². The first-order chi connectivity index (χ1) is 4.83. The van der Waals surface area contributed by atoms with E-state index in [1.165, 1.54) is 5.75 Å². The SMILES string of the molecule is CC1CN(CCO)CCS1. The molecule has 1 rings (SSSR count). The number of nitrogens with zero attached hydrogens (tertiary/aromatic N) is 1. The van der Waals surface area contributed by atoms with Gasteiger partial charge in [0.2, 0.25) is 0 Å². The number of aliphatic hydroxyl groups is 1. The predicted octanol–water partition coefficient (Wildman–Crippen LogP) is 0.416. The van der Waals surface area contributed by atoms with Crippen molar-refractivity contribution in [3.05, 3.63) is 0 Å². The lowest BCUT2D eigenvalue weighted by molar-refractivity contribution is 0.201. The van der Waals surface area contributed by atoms with Crippen LogP contribution in [0.15, 0.2) is 0 Å². The Balaban J connectivity index is 2.18. The van der Waals surface area contributed by atoms with Crippen molar-refractivity contribution in [1.82, 2.24) is 4.90 Å². The maximum absolute atomic E-state index is 8.66. The molecule has 10 heavy (non-hydrogen) atoms. The second kappa shape index (κ2) is 4.21. The van der Waals surface area contributed by atoms with E-state index in [1.54, 1.807) is 0 Å². The van der Waals surface area contributed by atoms with Gasteiger partial charge in [0.05, 0.1) is 6.61 Å². The first kappa shape index (κ1) is 8.37. The second-order valence-corrected chi connectivity index (χ2v) is 4.25. The third-order valence-electron chi connectivity index (χ3n) is 1.74. The molecule has 0 aliphatic carbocycles. The van der Waals surface area contributed by atoms with Gasteiger partial charge in [0.1, 0.15) is 0 Å². The lowest BCUT2D eigenvalue weighted by atomic mass is 10.4. The Morgan fingerprint density at radius 1 is 1.70 bits per heavy atom. The topological polar surface area (TPSA) is 23.5 Å². The zero-order valence-corrected chi connectivity index (χ0v) is 7.23. The van der Waals surface area contributed by atoms with Crippen LogP contribution in [0, 0.1) is 0 Å². The smallest absolute Gasteiger partial charge is 0.0558 e. The predicted molar refractivity (Wildman–Crippen MR) is 45.4 cm³/mol. The summed E-state index contributed by atoms with van der Waals surface area (Å²) in [6.45, 7) is 5.69. The summed E-state index contributed by atoms with van der Waals surface area (Å²) in [4.78, 5) is 2.32. The Bertz CT molecular complexity index is 97.6. The fourth-order valence-corrected chi connectivity index (χ4v) is 2.32. The quantitative estimate of drug-likeness (QED) is 0.635. The number of hydrogen-bond donors (Lipinski definition) is 1. The number of β-amino-alcohol motifs (C(OH)–C–C–N with tert-alkyl or cyclic N) is 1. The summed E-state index contributed by atoms with van der Waals surface area (Å²) in [7, 11) is 0. The van der Waals surface area contributed by atoms with Crippen molar-refractivity contribution < 1.29 is 5.11 Å². The third kappa shape index (κ3) is 2.48.